The number of aromatic amines is 1. The minimum atomic E-state index is -0.650. The first kappa shape index (κ1) is 21.1. The molecule has 1 aromatic carbocycles. The molecule has 0 spiro atoms. The molecule has 31 heavy (non-hydrogen) atoms. The number of nitrogens with zero attached hydrogens (tertiary/aromatic N) is 4. The summed E-state index contributed by atoms with van der Waals surface area (Å²) in [4.78, 5) is 24.5. The van der Waals surface area contributed by atoms with Crippen LogP contribution in [0.1, 0.15) is 42.3 Å². The third-order valence-electron chi connectivity index (χ3n) is 5.62. The number of pyridine rings is 1. The minimum absolute atomic E-state index is 0. The van der Waals surface area contributed by atoms with E-state index >= 15 is 0 Å². The molecule has 1 aliphatic carbocycles. The van der Waals surface area contributed by atoms with E-state index in [1.165, 1.54) is 12.1 Å². The van der Waals surface area contributed by atoms with Gasteiger partial charge in [0.05, 0.1) is 11.4 Å². The van der Waals surface area contributed by atoms with E-state index in [9.17, 15) is 13.6 Å². The average Bonchev–Trinajstić information content (AvgIpc) is 2.97. The zero-order valence-corrected chi connectivity index (χ0v) is 17.5. The zero-order chi connectivity index (χ0) is 20.8. The lowest BCUT2D eigenvalue weighted by Gasteiger charge is -2.23. The molecule has 5 rings (SSSR count). The first-order chi connectivity index (χ1) is 14.5. The number of H-pyrrole nitrogens is 1. The fourth-order valence-corrected chi connectivity index (χ4v) is 3.88. The van der Waals surface area contributed by atoms with E-state index in [-0.39, 0.29) is 18.0 Å². The summed E-state index contributed by atoms with van der Waals surface area (Å²) in [5.74, 6) is -0.444. The summed E-state index contributed by atoms with van der Waals surface area (Å²) in [5.41, 5.74) is 2.89. The van der Waals surface area contributed by atoms with Gasteiger partial charge in [-0.2, -0.15) is 5.10 Å². The maximum atomic E-state index is 13.4. The molecule has 1 saturated carbocycles. The summed E-state index contributed by atoms with van der Waals surface area (Å²) >= 11 is 0. The molecule has 1 aliphatic rings. The quantitative estimate of drug-likeness (QED) is 0.511. The lowest BCUT2D eigenvalue weighted by molar-refractivity contribution is 0.410. The van der Waals surface area contributed by atoms with Crippen LogP contribution in [-0.2, 0) is 13.5 Å². The Morgan fingerprint density at radius 1 is 1.16 bits per heavy atom. The molecule has 0 amide bonds. The molecular formula is C22H20ClF2N5O. The smallest absolute Gasteiger partial charge is 0.262 e. The molecule has 3 heterocycles. The van der Waals surface area contributed by atoms with Crippen LogP contribution >= 0.6 is 12.4 Å². The summed E-state index contributed by atoms with van der Waals surface area (Å²) in [7, 11) is 1.80. The van der Waals surface area contributed by atoms with Gasteiger partial charge in [-0.05, 0) is 36.6 Å². The Bertz CT molecular complexity index is 1290. The van der Waals surface area contributed by atoms with Crippen LogP contribution in [0, 0.1) is 11.6 Å². The number of aromatic nitrogens is 5. The van der Waals surface area contributed by atoms with Gasteiger partial charge in [-0.25, -0.2) is 18.4 Å². The zero-order valence-electron chi connectivity index (χ0n) is 16.7. The fraction of sp³-hybridized carbons (Fsp3) is 0.273. The number of aryl methyl sites for hydroxylation is 1. The monoisotopic (exact) mass is 443 g/mol. The van der Waals surface area contributed by atoms with Gasteiger partial charge >= 0.3 is 0 Å². The molecule has 1 N–H and O–H groups in total. The van der Waals surface area contributed by atoms with Gasteiger partial charge in [-0.15, -0.1) is 12.4 Å². The van der Waals surface area contributed by atoms with Crippen LogP contribution in [0.25, 0.3) is 22.3 Å². The Labute approximate surface area is 182 Å². The summed E-state index contributed by atoms with van der Waals surface area (Å²) < 4.78 is 28.5. The first-order valence-electron chi connectivity index (χ1n) is 9.85. The predicted octanol–water partition coefficient (Wildman–Crippen LogP) is 4.28. The normalized spacial score (nSPS) is 13.8. The van der Waals surface area contributed by atoms with Crippen molar-refractivity contribution in [3.8, 4) is 11.3 Å². The molecule has 0 atom stereocenters. The van der Waals surface area contributed by atoms with Crippen LogP contribution in [-0.4, -0.2) is 24.7 Å². The lowest BCUT2D eigenvalue weighted by Crippen LogP contribution is -2.16. The Hall–Kier alpha value is -3.13. The van der Waals surface area contributed by atoms with E-state index in [1.807, 2.05) is 0 Å². The number of hydrogen-bond acceptors (Lipinski definition) is 4. The van der Waals surface area contributed by atoms with Gasteiger partial charge in [-0.1, -0.05) is 12.5 Å². The highest BCUT2D eigenvalue weighted by molar-refractivity contribution is 5.85. The summed E-state index contributed by atoms with van der Waals surface area (Å²) in [5, 5.41) is 5.12. The molecule has 0 radical (unpaired) electrons. The molecule has 0 aliphatic heterocycles. The summed E-state index contributed by atoms with van der Waals surface area (Å²) in [6.07, 6.45) is 5.27. The predicted molar refractivity (Wildman–Crippen MR) is 115 cm³/mol. The third-order valence-corrected chi connectivity index (χ3v) is 5.62. The van der Waals surface area contributed by atoms with Gasteiger partial charge in [0.25, 0.3) is 5.56 Å². The lowest BCUT2D eigenvalue weighted by atomic mass is 9.82. The molecule has 3 aromatic heterocycles. The van der Waals surface area contributed by atoms with Gasteiger partial charge in [-0.3, -0.25) is 9.78 Å². The Balaban J connectivity index is 0.00000231. The van der Waals surface area contributed by atoms with Crippen molar-refractivity contribution in [3.05, 3.63) is 75.6 Å². The molecule has 1 fully saturated rings. The van der Waals surface area contributed by atoms with Crippen molar-refractivity contribution in [3.63, 3.8) is 0 Å². The van der Waals surface area contributed by atoms with Crippen LogP contribution in [0.3, 0.4) is 0 Å². The average molecular weight is 444 g/mol. The van der Waals surface area contributed by atoms with Gasteiger partial charge in [0, 0.05) is 37.2 Å². The van der Waals surface area contributed by atoms with Crippen LogP contribution < -0.4 is 5.56 Å². The van der Waals surface area contributed by atoms with Crippen LogP contribution in [0.5, 0.6) is 0 Å². The molecule has 0 bridgehead atoms. The SMILES string of the molecule is Cl.Cn1nc(C2CCC2)c2c(=O)[nH]c(Cc3ccc(-c4cc(F)cc(F)c4)nc3)nc21. The van der Waals surface area contributed by atoms with E-state index in [0.717, 1.165) is 36.6 Å². The number of rotatable bonds is 4. The largest absolute Gasteiger partial charge is 0.310 e. The van der Waals surface area contributed by atoms with E-state index in [2.05, 4.69) is 20.1 Å². The van der Waals surface area contributed by atoms with Crippen molar-refractivity contribution in [1.82, 2.24) is 24.7 Å². The second kappa shape index (κ2) is 8.19. The fourth-order valence-electron chi connectivity index (χ4n) is 3.88. The molecular weight excluding hydrogens is 424 g/mol. The topological polar surface area (TPSA) is 76.5 Å². The number of nitrogens with one attached hydrogen (secondary N) is 1. The maximum Gasteiger partial charge on any atom is 0.262 e. The molecule has 0 saturated heterocycles. The Morgan fingerprint density at radius 3 is 2.52 bits per heavy atom. The maximum absolute atomic E-state index is 13.4. The van der Waals surface area contributed by atoms with Crippen molar-refractivity contribution in [2.45, 2.75) is 31.6 Å². The van der Waals surface area contributed by atoms with Crippen molar-refractivity contribution in [1.29, 1.82) is 0 Å². The number of halogens is 3. The number of fused-ring (bicyclic) bond motifs is 1. The van der Waals surface area contributed by atoms with Crippen molar-refractivity contribution in [2.75, 3.05) is 0 Å². The third kappa shape index (κ3) is 3.95. The van der Waals surface area contributed by atoms with E-state index in [4.69, 9.17) is 0 Å². The molecule has 4 aromatic rings. The first-order valence-corrected chi connectivity index (χ1v) is 9.85. The Kier molecular flexibility index (Phi) is 5.58. The standard InChI is InChI=1S/C22H19F2N5O.ClH/c1-29-21-19(20(28-29)13-3-2-4-13)22(30)27-18(26-21)7-12-5-6-17(25-11-12)14-8-15(23)10-16(24)9-14;/h5-6,8-11,13H,2-4,7H2,1H3,(H,26,27,30);1H. The van der Waals surface area contributed by atoms with Crippen LogP contribution in [0.4, 0.5) is 8.78 Å². The number of hydrogen-bond donors (Lipinski definition) is 1. The van der Waals surface area contributed by atoms with Gasteiger partial charge < -0.3 is 4.98 Å². The molecule has 9 heteroatoms. The van der Waals surface area contributed by atoms with Gasteiger partial charge in [0.15, 0.2) is 5.65 Å². The molecule has 0 unspecified atom stereocenters. The second-order valence-corrected chi connectivity index (χ2v) is 7.73. The van der Waals surface area contributed by atoms with Gasteiger partial charge in [0.2, 0.25) is 0 Å². The summed E-state index contributed by atoms with van der Waals surface area (Å²) in [6.45, 7) is 0. The van der Waals surface area contributed by atoms with E-state index in [0.29, 0.717) is 40.5 Å². The minimum Gasteiger partial charge on any atom is -0.310 e. The highest BCUT2D eigenvalue weighted by atomic mass is 35.5. The molecule has 6 nitrogen and oxygen atoms in total. The van der Waals surface area contributed by atoms with E-state index in [1.54, 1.807) is 30.1 Å². The Morgan fingerprint density at radius 2 is 1.90 bits per heavy atom. The van der Waals surface area contributed by atoms with Gasteiger partial charge in [0.1, 0.15) is 22.8 Å². The van der Waals surface area contributed by atoms with E-state index < -0.39 is 11.6 Å². The van der Waals surface area contributed by atoms with Crippen LogP contribution in [0.15, 0.2) is 41.3 Å². The van der Waals surface area contributed by atoms with Crippen LogP contribution in [0.2, 0.25) is 0 Å². The van der Waals surface area contributed by atoms with Crippen molar-refractivity contribution < 1.29 is 8.78 Å². The van der Waals surface area contributed by atoms with Crippen molar-refractivity contribution >= 4 is 23.4 Å². The highest BCUT2D eigenvalue weighted by Gasteiger charge is 2.27. The number of benzene rings is 1. The highest BCUT2D eigenvalue weighted by Crippen LogP contribution is 2.37. The van der Waals surface area contributed by atoms with Crippen molar-refractivity contribution in [2.24, 2.45) is 7.05 Å². The second-order valence-electron chi connectivity index (χ2n) is 7.73. The summed E-state index contributed by atoms with van der Waals surface area (Å²) in [6, 6.07) is 6.79. The molecule has 160 valence electrons.